The number of benzene rings is 1. The van der Waals surface area contributed by atoms with E-state index in [0.29, 0.717) is 0 Å². The van der Waals surface area contributed by atoms with E-state index < -0.39 is 18.0 Å². The van der Waals surface area contributed by atoms with Gasteiger partial charge >= 0.3 is 12.3 Å². The lowest BCUT2D eigenvalue weighted by molar-refractivity contribution is -0.360. The molecule has 0 unspecified atom stereocenters. The summed E-state index contributed by atoms with van der Waals surface area (Å²) < 4.78 is 68.7. The first-order valence-corrected chi connectivity index (χ1v) is 4.54. The molecular formula is C10H7F5O3. The Balaban J connectivity index is 2.82. The predicted octanol–water partition coefficient (Wildman–Crippen LogP) is 2.89. The molecule has 1 aromatic carbocycles. The van der Waals surface area contributed by atoms with Gasteiger partial charge in [-0.1, -0.05) is 12.1 Å². The van der Waals surface area contributed by atoms with Gasteiger partial charge in [0.1, 0.15) is 12.4 Å². The number of alkyl halides is 5. The van der Waals surface area contributed by atoms with Crippen LogP contribution in [0.5, 0.6) is 5.75 Å². The largest absolute Gasteiger partial charge is 0.499 e. The highest BCUT2D eigenvalue weighted by Gasteiger charge is 2.61. The highest BCUT2D eigenvalue weighted by molar-refractivity contribution is 5.38. The Morgan fingerprint density at radius 1 is 1.17 bits per heavy atom. The molecule has 0 bridgehead atoms. The summed E-state index contributed by atoms with van der Waals surface area (Å²) in [4.78, 5) is 9.90. The fourth-order valence-electron chi connectivity index (χ4n) is 1.03. The second-order valence-corrected chi connectivity index (χ2v) is 3.17. The minimum absolute atomic E-state index is 0.123. The van der Waals surface area contributed by atoms with Crippen molar-refractivity contribution in [3.8, 4) is 5.75 Å². The van der Waals surface area contributed by atoms with Crippen LogP contribution in [-0.4, -0.2) is 18.8 Å². The molecule has 0 aliphatic rings. The van der Waals surface area contributed by atoms with Gasteiger partial charge in [0, 0.05) is 0 Å². The number of halogens is 5. The zero-order valence-electron chi connectivity index (χ0n) is 8.71. The summed E-state index contributed by atoms with van der Waals surface area (Å²) >= 11 is 0. The Hall–Kier alpha value is -1.86. The molecule has 100 valence electrons. The number of hydrogen-bond donors (Lipinski definition) is 0. The van der Waals surface area contributed by atoms with E-state index in [-0.39, 0.29) is 18.6 Å². The molecule has 0 heterocycles. The molecule has 1 rings (SSSR count). The van der Waals surface area contributed by atoms with Crippen LogP contribution in [-0.2, 0) is 16.1 Å². The van der Waals surface area contributed by atoms with Crippen molar-refractivity contribution in [3.05, 3.63) is 29.8 Å². The smallest absolute Gasteiger partial charge is 0.463 e. The predicted molar refractivity (Wildman–Crippen MR) is 48.9 cm³/mol. The minimum Gasteiger partial charge on any atom is -0.463 e. The SMILES string of the molecule is O=COCc1cccc(OC(F)(F)C(F)(F)F)c1. The molecule has 0 fully saturated rings. The van der Waals surface area contributed by atoms with Crippen LogP contribution in [0, 0.1) is 0 Å². The molecule has 0 saturated heterocycles. The van der Waals surface area contributed by atoms with Crippen molar-refractivity contribution in [1.82, 2.24) is 0 Å². The van der Waals surface area contributed by atoms with Gasteiger partial charge < -0.3 is 9.47 Å². The van der Waals surface area contributed by atoms with E-state index in [1.165, 1.54) is 12.1 Å². The minimum atomic E-state index is -5.80. The molecule has 1 aromatic rings. The highest BCUT2D eigenvalue weighted by Crippen LogP contribution is 2.37. The van der Waals surface area contributed by atoms with Crippen LogP contribution in [0.3, 0.4) is 0 Å². The zero-order chi connectivity index (χ0) is 13.8. The first-order chi connectivity index (χ1) is 8.26. The third kappa shape index (κ3) is 3.57. The summed E-state index contributed by atoms with van der Waals surface area (Å²) in [5, 5.41) is 0. The van der Waals surface area contributed by atoms with E-state index in [4.69, 9.17) is 0 Å². The van der Waals surface area contributed by atoms with Gasteiger partial charge in [0.25, 0.3) is 6.47 Å². The molecule has 8 heteroatoms. The Kier molecular flexibility index (Phi) is 4.10. The van der Waals surface area contributed by atoms with Crippen molar-refractivity contribution in [1.29, 1.82) is 0 Å². The van der Waals surface area contributed by atoms with E-state index in [2.05, 4.69) is 9.47 Å². The molecule has 0 aromatic heterocycles. The van der Waals surface area contributed by atoms with Gasteiger partial charge in [-0.15, -0.1) is 0 Å². The third-order valence-electron chi connectivity index (χ3n) is 1.79. The molecule has 0 spiro atoms. The lowest BCUT2D eigenvalue weighted by Crippen LogP contribution is -2.41. The van der Waals surface area contributed by atoms with Crippen LogP contribution in [0.4, 0.5) is 22.0 Å². The molecule has 0 amide bonds. The van der Waals surface area contributed by atoms with Crippen LogP contribution in [0.15, 0.2) is 24.3 Å². The second-order valence-electron chi connectivity index (χ2n) is 3.17. The normalized spacial score (nSPS) is 12.1. The summed E-state index contributed by atoms with van der Waals surface area (Å²) in [6, 6.07) is 4.43. The Labute approximate surface area is 98.1 Å². The summed E-state index contributed by atoms with van der Waals surface area (Å²) in [7, 11) is 0. The average Bonchev–Trinajstić information content (AvgIpc) is 2.24. The van der Waals surface area contributed by atoms with Gasteiger partial charge in [-0.3, -0.25) is 4.79 Å². The van der Waals surface area contributed by atoms with Crippen LogP contribution in [0.25, 0.3) is 0 Å². The molecule has 0 atom stereocenters. The van der Waals surface area contributed by atoms with Crippen molar-refractivity contribution >= 4 is 6.47 Å². The van der Waals surface area contributed by atoms with Crippen LogP contribution >= 0.6 is 0 Å². The molecule has 0 aliphatic heterocycles. The monoisotopic (exact) mass is 270 g/mol. The first-order valence-electron chi connectivity index (χ1n) is 4.54. The molecule has 3 nitrogen and oxygen atoms in total. The quantitative estimate of drug-likeness (QED) is 0.609. The zero-order valence-corrected chi connectivity index (χ0v) is 8.71. The van der Waals surface area contributed by atoms with Gasteiger partial charge in [0.2, 0.25) is 0 Å². The van der Waals surface area contributed by atoms with Crippen LogP contribution in [0.1, 0.15) is 5.56 Å². The average molecular weight is 270 g/mol. The van der Waals surface area contributed by atoms with E-state index in [0.717, 1.165) is 12.1 Å². The number of hydrogen-bond acceptors (Lipinski definition) is 3. The second kappa shape index (κ2) is 5.19. The van der Waals surface area contributed by atoms with E-state index in [1.807, 2.05) is 0 Å². The first kappa shape index (κ1) is 14.2. The van der Waals surface area contributed by atoms with Crippen molar-refractivity contribution < 1.29 is 36.2 Å². The number of rotatable bonds is 5. The van der Waals surface area contributed by atoms with Gasteiger partial charge in [0.15, 0.2) is 0 Å². The maximum Gasteiger partial charge on any atom is 0.499 e. The molecule has 0 aliphatic carbocycles. The third-order valence-corrected chi connectivity index (χ3v) is 1.79. The lowest BCUT2D eigenvalue weighted by Gasteiger charge is -2.20. The van der Waals surface area contributed by atoms with Crippen LogP contribution in [0.2, 0.25) is 0 Å². The van der Waals surface area contributed by atoms with Gasteiger partial charge in [-0.05, 0) is 17.7 Å². The fraction of sp³-hybridized carbons (Fsp3) is 0.300. The summed E-state index contributed by atoms with van der Waals surface area (Å²) in [5.74, 6) is -0.677. The number of carbonyl (C=O) groups excluding carboxylic acids is 1. The number of carbonyl (C=O) groups is 1. The maximum atomic E-state index is 12.6. The van der Waals surface area contributed by atoms with E-state index in [1.54, 1.807) is 0 Å². The molecule has 0 radical (unpaired) electrons. The fourth-order valence-corrected chi connectivity index (χ4v) is 1.03. The topological polar surface area (TPSA) is 35.5 Å². The summed E-state index contributed by atoms with van der Waals surface area (Å²) in [5.41, 5.74) is 0.220. The van der Waals surface area contributed by atoms with Crippen LogP contribution < -0.4 is 4.74 Å². The highest BCUT2D eigenvalue weighted by atomic mass is 19.4. The van der Waals surface area contributed by atoms with Gasteiger partial charge in [0.05, 0.1) is 0 Å². The summed E-state index contributed by atoms with van der Waals surface area (Å²) in [6.45, 7) is -0.129. The number of ether oxygens (including phenoxy) is 2. The Morgan fingerprint density at radius 2 is 1.83 bits per heavy atom. The summed E-state index contributed by atoms with van der Waals surface area (Å²) in [6.07, 6.45) is -11.1. The van der Waals surface area contributed by atoms with E-state index >= 15 is 0 Å². The molecule has 0 N–H and O–H groups in total. The van der Waals surface area contributed by atoms with Crippen molar-refractivity contribution in [2.75, 3.05) is 0 Å². The molecular weight excluding hydrogens is 263 g/mol. The van der Waals surface area contributed by atoms with E-state index in [9.17, 15) is 26.7 Å². The standard InChI is InChI=1S/C10H7F5O3/c11-9(12,13)10(14,15)18-8-3-1-2-7(4-8)5-17-6-16/h1-4,6H,5H2. The van der Waals surface area contributed by atoms with Crippen molar-refractivity contribution in [2.45, 2.75) is 18.9 Å². The Bertz CT molecular complexity index is 416. The van der Waals surface area contributed by atoms with Gasteiger partial charge in [-0.25, -0.2) is 0 Å². The lowest BCUT2D eigenvalue weighted by atomic mass is 10.2. The van der Waals surface area contributed by atoms with Gasteiger partial charge in [-0.2, -0.15) is 22.0 Å². The molecule has 18 heavy (non-hydrogen) atoms. The van der Waals surface area contributed by atoms with Crippen molar-refractivity contribution in [3.63, 3.8) is 0 Å². The van der Waals surface area contributed by atoms with Crippen molar-refractivity contribution in [2.24, 2.45) is 0 Å². The Morgan fingerprint density at radius 3 is 2.39 bits per heavy atom. The maximum absolute atomic E-state index is 12.6. The molecule has 0 saturated carbocycles.